The van der Waals surface area contributed by atoms with Crippen LogP contribution in [0.15, 0.2) is 18.3 Å². The normalized spacial score (nSPS) is 16.4. The summed E-state index contributed by atoms with van der Waals surface area (Å²) in [5.74, 6) is -0.0633. The van der Waals surface area contributed by atoms with Gasteiger partial charge in [0, 0.05) is 38.9 Å². The minimum Gasteiger partial charge on any atom is -0.392 e. The SMILES string of the molecule is NC(=S)CN1CCN(C(=O)c2ccc(Cl)cn2)CC1. The number of rotatable bonds is 3. The quantitative estimate of drug-likeness (QED) is 0.836. The predicted octanol–water partition coefficient (Wildman–Crippen LogP) is 0.779. The van der Waals surface area contributed by atoms with E-state index in [1.807, 2.05) is 0 Å². The van der Waals surface area contributed by atoms with Gasteiger partial charge in [0.15, 0.2) is 0 Å². The van der Waals surface area contributed by atoms with Gasteiger partial charge in [-0.15, -0.1) is 0 Å². The minimum absolute atomic E-state index is 0.0633. The summed E-state index contributed by atoms with van der Waals surface area (Å²) < 4.78 is 0. The summed E-state index contributed by atoms with van der Waals surface area (Å²) in [6.07, 6.45) is 1.48. The minimum atomic E-state index is -0.0633. The van der Waals surface area contributed by atoms with Gasteiger partial charge in [0.1, 0.15) is 5.69 Å². The molecule has 0 atom stereocenters. The van der Waals surface area contributed by atoms with Crippen LogP contribution in [0.5, 0.6) is 0 Å². The van der Waals surface area contributed by atoms with Crippen LogP contribution in [0.3, 0.4) is 0 Å². The Morgan fingerprint density at radius 2 is 2.05 bits per heavy atom. The van der Waals surface area contributed by atoms with Crippen LogP contribution < -0.4 is 5.73 Å². The van der Waals surface area contributed by atoms with Gasteiger partial charge in [0.05, 0.1) is 10.0 Å². The number of carbonyl (C=O) groups excluding carboxylic acids is 1. The van der Waals surface area contributed by atoms with Crippen molar-refractivity contribution in [2.45, 2.75) is 0 Å². The van der Waals surface area contributed by atoms with Gasteiger partial charge in [-0.1, -0.05) is 23.8 Å². The van der Waals surface area contributed by atoms with Crippen molar-refractivity contribution in [1.82, 2.24) is 14.8 Å². The number of nitrogens with two attached hydrogens (primary N) is 1. The van der Waals surface area contributed by atoms with Gasteiger partial charge in [-0.2, -0.15) is 0 Å². The summed E-state index contributed by atoms with van der Waals surface area (Å²) in [5, 5.41) is 0.526. The number of hydrogen-bond acceptors (Lipinski definition) is 4. The lowest BCUT2D eigenvalue weighted by Gasteiger charge is -2.34. The number of hydrogen-bond donors (Lipinski definition) is 1. The molecule has 0 unspecified atom stereocenters. The molecule has 0 aliphatic carbocycles. The van der Waals surface area contributed by atoms with Crippen LogP contribution in [-0.2, 0) is 0 Å². The number of halogens is 1. The molecule has 0 aromatic carbocycles. The first kappa shape index (κ1) is 14.2. The largest absolute Gasteiger partial charge is 0.392 e. The van der Waals surface area contributed by atoms with E-state index in [1.165, 1.54) is 6.20 Å². The lowest BCUT2D eigenvalue weighted by molar-refractivity contribution is 0.0648. The molecule has 1 aromatic heterocycles. The second-order valence-corrected chi connectivity index (χ2v) is 5.36. The molecule has 0 radical (unpaired) electrons. The number of amides is 1. The van der Waals surface area contributed by atoms with Crippen molar-refractivity contribution in [1.29, 1.82) is 0 Å². The number of piperazine rings is 1. The lowest BCUT2D eigenvalue weighted by Crippen LogP contribution is -2.50. The molecule has 19 heavy (non-hydrogen) atoms. The van der Waals surface area contributed by atoms with Crippen LogP contribution in [0.2, 0.25) is 5.02 Å². The van der Waals surface area contributed by atoms with Gasteiger partial charge in [-0.05, 0) is 12.1 Å². The van der Waals surface area contributed by atoms with Crippen LogP contribution in [0.4, 0.5) is 0 Å². The average Bonchev–Trinajstić information content (AvgIpc) is 2.39. The first-order valence-electron chi connectivity index (χ1n) is 5.98. The van der Waals surface area contributed by atoms with Gasteiger partial charge in [0.25, 0.3) is 5.91 Å². The summed E-state index contributed by atoms with van der Waals surface area (Å²) in [6, 6.07) is 3.32. The summed E-state index contributed by atoms with van der Waals surface area (Å²) >= 11 is 10.6. The summed E-state index contributed by atoms with van der Waals surface area (Å²) in [5.41, 5.74) is 5.93. The van der Waals surface area contributed by atoms with E-state index in [9.17, 15) is 4.79 Å². The maximum Gasteiger partial charge on any atom is 0.272 e. The van der Waals surface area contributed by atoms with Gasteiger partial charge < -0.3 is 10.6 Å². The first-order chi connectivity index (χ1) is 9.06. The first-order valence-corrected chi connectivity index (χ1v) is 6.76. The molecule has 2 rings (SSSR count). The molecule has 0 spiro atoms. The Hall–Kier alpha value is -1.24. The topological polar surface area (TPSA) is 62.5 Å². The molecule has 102 valence electrons. The van der Waals surface area contributed by atoms with E-state index in [4.69, 9.17) is 29.6 Å². The van der Waals surface area contributed by atoms with Crippen LogP contribution in [0.1, 0.15) is 10.5 Å². The maximum atomic E-state index is 12.2. The predicted molar refractivity (Wildman–Crippen MR) is 78.4 cm³/mol. The highest BCUT2D eigenvalue weighted by molar-refractivity contribution is 7.80. The molecular weight excluding hydrogens is 284 g/mol. The zero-order chi connectivity index (χ0) is 13.8. The highest BCUT2D eigenvalue weighted by atomic mass is 35.5. The van der Waals surface area contributed by atoms with E-state index in [-0.39, 0.29) is 5.91 Å². The summed E-state index contributed by atoms with van der Waals surface area (Å²) in [7, 11) is 0. The number of thiocarbonyl (C=S) groups is 1. The Kier molecular flexibility index (Phi) is 4.68. The summed E-state index contributed by atoms with van der Waals surface area (Å²) in [4.78, 5) is 20.6. The van der Waals surface area contributed by atoms with Crippen molar-refractivity contribution in [2.75, 3.05) is 32.7 Å². The Labute approximate surface area is 122 Å². The fourth-order valence-corrected chi connectivity index (χ4v) is 2.29. The maximum absolute atomic E-state index is 12.2. The van der Waals surface area contributed by atoms with Crippen molar-refractivity contribution >= 4 is 34.7 Å². The second-order valence-electron chi connectivity index (χ2n) is 4.40. The van der Waals surface area contributed by atoms with Crippen molar-refractivity contribution in [3.8, 4) is 0 Å². The molecule has 2 N–H and O–H groups in total. The zero-order valence-corrected chi connectivity index (χ0v) is 12.0. The van der Waals surface area contributed by atoms with Gasteiger partial charge in [-0.3, -0.25) is 9.69 Å². The molecule has 1 saturated heterocycles. The molecule has 1 aromatic rings. The van der Waals surface area contributed by atoms with Crippen LogP contribution >= 0.6 is 23.8 Å². The molecule has 1 aliphatic heterocycles. The molecule has 1 aliphatic rings. The highest BCUT2D eigenvalue weighted by Gasteiger charge is 2.22. The number of pyridine rings is 1. The lowest BCUT2D eigenvalue weighted by atomic mass is 10.2. The molecule has 2 heterocycles. The van der Waals surface area contributed by atoms with E-state index in [1.54, 1.807) is 17.0 Å². The zero-order valence-electron chi connectivity index (χ0n) is 10.4. The third kappa shape index (κ3) is 3.86. The Morgan fingerprint density at radius 1 is 1.37 bits per heavy atom. The molecular formula is C12H15ClN4OS. The number of nitrogens with zero attached hydrogens (tertiary/aromatic N) is 3. The van der Waals surface area contributed by atoms with Crippen molar-refractivity contribution in [3.63, 3.8) is 0 Å². The van der Waals surface area contributed by atoms with Crippen molar-refractivity contribution in [2.24, 2.45) is 5.73 Å². The van der Waals surface area contributed by atoms with Crippen LogP contribution in [-0.4, -0.2) is 58.4 Å². The molecule has 1 amide bonds. The smallest absolute Gasteiger partial charge is 0.272 e. The molecule has 7 heteroatoms. The van der Waals surface area contributed by atoms with Gasteiger partial charge in [-0.25, -0.2) is 4.98 Å². The van der Waals surface area contributed by atoms with Gasteiger partial charge in [0.2, 0.25) is 0 Å². The third-order valence-corrected chi connectivity index (χ3v) is 3.34. The highest BCUT2D eigenvalue weighted by Crippen LogP contribution is 2.10. The van der Waals surface area contributed by atoms with E-state index < -0.39 is 0 Å². The fourth-order valence-electron chi connectivity index (χ4n) is 1.99. The van der Waals surface area contributed by atoms with E-state index >= 15 is 0 Å². The van der Waals surface area contributed by atoms with E-state index in [2.05, 4.69) is 9.88 Å². The molecule has 0 saturated carbocycles. The molecule has 0 bridgehead atoms. The monoisotopic (exact) mass is 298 g/mol. The number of carbonyl (C=O) groups is 1. The van der Waals surface area contributed by atoms with Crippen LogP contribution in [0.25, 0.3) is 0 Å². The van der Waals surface area contributed by atoms with E-state index in [0.717, 1.165) is 13.1 Å². The third-order valence-electron chi connectivity index (χ3n) is 2.99. The van der Waals surface area contributed by atoms with Crippen molar-refractivity contribution in [3.05, 3.63) is 29.0 Å². The molecule has 5 nitrogen and oxygen atoms in total. The Bertz CT molecular complexity index is 471. The van der Waals surface area contributed by atoms with E-state index in [0.29, 0.717) is 35.3 Å². The standard InChI is InChI=1S/C12H15ClN4OS/c13-9-1-2-10(15-7-9)12(18)17-5-3-16(4-6-17)8-11(14)19/h1-2,7H,3-6,8H2,(H2,14,19). The fraction of sp³-hybridized carbons (Fsp3) is 0.417. The van der Waals surface area contributed by atoms with Gasteiger partial charge >= 0.3 is 0 Å². The van der Waals surface area contributed by atoms with Crippen LogP contribution in [0, 0.1) is 0 Å². The average molecular weight is 299 g/mol. The Balaban J connectivity index is 1.92. The Morgan fingerprint density at radius 3 is 2.58 bits per heavy atom. The second kappa shape index (κ2) is 6.27. The van der Waals surface area contributed by atoms with Crippen molar-refractivity contribution < 1.29 is 4.79 Å². The molecule has 1 fully saturated rings. The number of aromatic nitrogens is 1. The summed E-state index contributed by atoms with van der Waals surface area (Å²) in [6.45, 7) is 3.47.